The summed E-state index contributed by atoms with van der Waals surface area (Å²) in [5.74, 6) is -0.0694. The Morgan fingerprint density at radius 2 is 1.88 bits per heavy atom. The molecule has 0 aromatic heterocycles. The molecule has 3 heteroatoms. The first kappa shape index (κ1) is 13.1. The molecule has 1 aromatic rings. The van der Waals surface area contributed by atoms with Gasteiger partial charge in [-0.05, 0) is 24.0 Å². The molecular formula is C13H19NOS. The quantitative estimate of drug-likeness (QED) is 0.760. The molecule has 1 rings (SSSR count). The van der Waals surface area contributed by atoms with Crippen LogP contribution in [0.5, 0.6) is 0 Å². The molecule has 88 valence electrons. The Morgan fingerprint density at radius 1 is 1.31 bits per heavy atom. The van der Waals surface area contributed by atoms with Gasteiger partial charge in [-0.1, -0.05) is 39.0 Å². The third-order valence-corrected chi connectivity index (χ3v) is 2.61. The van der Waals surface area contributed by atoms with Crippen molar-refractivity contribution in [2.24, 2.45) is 0 Å². The van der Waals surface area contributed by atoms with Gasteiger partial charge < -0.3 is 5.32 Å². The number of amides is 1. The second-order valence-electron chi connectivity index (χ2n) is 4.96. The molecule has 0 fully saturated rings. The molecular weight excluding hydrogens is 218 g/mol. The third-order valence-electron chi connectivity index (χ3n) is 2.37. The van der Waals surface area contributed by atoms with Crippen LogP contribution < -0.4 is 5.32 Å². The summed E-state index contributed by atoms with van der Waals surface area (Å²) in [5.41, 5.74) is 2.03. The second kappa shape index (κ2) is 4.91. The van der Waals surface area contributed by atoms with E-state index in [2.05, 4.69) is 38.7 Å². The highest BCUT2D eigenvalue weighted by Gasteiger charge is 2.19. The molecule has 0 aliphatic rings. The van der Waals surface area contributed by atoms with Crippen LogP contribution in [0.2, 0.25) is 0 Å². The van der Waals surface area contributed by atoms with Gasteiger partial charge in [-0.25, -0.2) is 0 Å². The van der Waals surface area contributed by atoms with E-state index in [0.29, 0.717) is 0 Å². The van der Waals surface area contributed by atoms with E-state index in [0.717, 1.165) is 11.3 Å². The summed E-state index contributed by atoms with van der Waals surface area (Å²) in [4.78, 5) is 11.6. The number of rotatable bonds is 2. The van der Waals surface area contributed by atoms with E-state index in [-0.39, 0.29) is 16.6 Å². The summed E-state index contributed by atoms with van der Waals surface area (Å²) in [6.45, 7) is 8.14. The SMILES string of the molecule is CC(S)C(=O)Nc1ccccc1C(C)(C)C. The summed E-state index contributed by atoms with van der Waals surface area (Å²) in [7, 11) is 0. The fourth-order valence-electron chi connectivity index (χ4n) is 1.48. The highest BCUT2D eigenvalue weighted by atomic mass is 32.1. The average Bonchev–Trinajstić information content (AvgIpc) is 2.16. The fraction of sp³-hybridized carbons (Fsp3) is 0.462. The van der Waals surface area contributed by atoms with Gasteiger partial charge in [-0.15, -0.1) is 0 Å². The summed E-state index contributed by atoms with van der Waals surface area (Å²) >= 11 is 4.12. The monoisotopic (exact) mass is 237 g/mol. The maximum Gasteiger partial charge on any atom is 0.236 e. The first-order valence-corrected chi connectivity index (χ1v) is 5.92. The molecule has 1 N–H and O–H groups in total. The van der Waals surface area contributed by atoms with E-state index in [1.54, 1.807) is 6.92 Å². The van der Waals surface area contributed by atoms with E-state index in [1.165, 1.54) is 0 Å². The standard InChI is InChI=1S/C13H19NOS/c1-9(16)12(15)14-11-8-6-5-7-10(11)13(2,3)4/h5-9,16H,1-4H3,(H,14,15). The Hall–Kier alpha value is -0.960. The van der Waals surface area contributed by atoms with Crippen molar-refractivity contribution in [3.8, 4) is 0 Å². The van der Waals surface area contributed by atoms with Crippen LogP contribution in [0.15, 0.2) is 24.3 Å². The zero-order valence-electron chi connectivity index (χ0n) is 10.2. The van der Waals surface area contributed by atoms with Gasteiger partial charge in [0.1, 0.15) is 0 Å². The lowest BCUT2D eigenvalue weighted by Gasteiger charge is -2.23. The molecule has 1 atom stereocenters. The van der Waals surface area contributed by atoms with Crippen molar-refractivity contribution in [3.63, 3.8) is 0 Å². The van der Waals surface area contributed by atoms with Crippen molar-refractivity contribution in [1.29, 1.82) is 0 Å². The van der Waals surface area contributed by atoms with Gasteiger partial charge in [0.2, 0.25) is 5.91 Å². The Labute approximate surface area is 103 Å². The molecule has 0 aliphatic heterocycles. The fourth-order valence-corrected chi connectivity index (χ4v) is 1.55. The highest BCUT2D eigenvalue weighted by Crippen LogP contribution is 2.29. The number of benzene rings is 1. The lowest BCUT2D eigenvalue weighted by Crippen LogP contribution is -2.23. The van der Waals surface area contributed by atoms with E-state index < -0.39 is 0 Å². The predicted octanol–water partition coefficient (Wildman–Crippen LogP) is 3.24. The largest absolute Gasteiger partial charge is 0.325 e. The summed E-state index contributed by atoms with van der Waals surface area (Å²) < 4.78 is 0. The maximum atomic E-state index is 11.6. The normalized spacial score (nSPS) is 13.3. The van der Waals surface area contributed by atoms with Crippen molar-refractivity contribution in [2.75, 3.05) is 5.32 Å². The highest BCUT2D eigenvalue weighted by molar-refractivity contribution is 7.81. The Morgan fingerprint density at radius 3 is 2.38 bits per heavy atom. The van der Waals surface area contributed by atoms with E-state index in [1.807, 2.05) is 24.3 Å². The molecule has 0 bridgehead atoms. The number of para-hydroxylation sites is 1. The van der Waals surface area contributed by atoms with Crippen LogP contribution in [-0.4, -0.2) is 11.2 Å². The minimum Gasteiger partial charge on any atom is -0.325 e. The van der Waals surface area contributed by atoms with Crippen LogP contribution in [0.3, 0.4) is 0 Å². The molecule has 1 unspecified atom stereocenters. The molecule has 0 saturated heterocycles. The van der Waals surface area contributed by atoms with Gasteiger partial charge >= 0.3 is 0 Å². The van der Waals surface area contributed by atoms with E-state index in [9.17, 15) is 4.79 Å². The number of thiol groups is 1. The average molecular weight is 237 g/mol. The van der Waals surface area contributed by atoms with Crippen molar-refractivity contribution >= 4 is 24.2 Å². The number of hydrogen-bond donors (Lipinski definition) is 2. The first-order chi connectivity index (χ1) is 7.32. The predicted molar refractivity (Wildman–Crippen MR) is 72.2 cm³/mol. The zero-order valence-corrected chi connectivity index (χ0v) is 11.1. The van der Waals surface area contributed by atoms with Crippen molar-refractivity contribution < 1.29 is 4.79 Å². The van der Waals surface area contributed by atoms with Gasteiger partial charge in [-0.3, -0.25) is 4.79 Å². The van der Waals surface area contributed by atoms with Crippen molar-refractivity contribution in [1.82, 2.24) is 0 Å². The lowest BCUT2D eigenvalue weighted by atomic mass is 9.86. The maximum absolute atomic E-state index is 11.6. The van der Waals surface area contributed by atoms with E-state index >= 15 is 0 Å². The second-order valence-corrected chi connectivity index (χ2v) is 5.74. The first-order valence-electron chi connectivity index (χ1n) is 5.41. The minimum atomic E-state index is -0.298. The van der Waals surface area contributed by atoms with Crippen LogP contribution in [0.25, 0.3) is 0 Å². The Kier molecular flexibility index (Phi) is 4.03. The molecule has 0 saturated carbocycles. The van der Waals surface area contributed by atoms with Gasteiger partial charge in [0.25, 0.3) is 0 Å². The number of hydrogen-bond acceptors (Lipinski definition) is 2. The van der Waals surface area contributed by atoms with Crippen LogP contribution in [-0.2, 0) is 10.2 Å². The topological polar surface area (TPSA) is 29.1 Å². The molecule has 1 aromatic carbocycles. The number of anilines is 1. The minimum absolute atomic E-state index is 0.0176. The number of carbonyl (C=O) groups is 1. The van der Waals surface area contributed by atoms with Crippen LogP contribution in [0.4, 0.5) is 5.69 Å². The van der Waals surface area contributed by atoms with Gasteiger partial charge in [-0.2, -0.15) is 12.6 Å². The lowest BCUT2D eigenvalue weighted by molar-refractivity contribution is -0.115. The molecule has 1 amide bonds. The Bertz CT molecular complexity index is 380. The third kappa shape index (κ3) is 3.27. The zero-order chi connectivity index (χ0) is 12.3. The molecule has 16 heavy (non-hydrogen) atoms. The van der Waals surface area contributed by atoms with Crippen molar-refractivity contribution in [3.05, 3.63) is 29.8 Å². The van der Waals surface area contributed by atoms with Gasteiger partial charge in [0.15, 0.2) is 0 Å². The Balaban J connectivity index is 3.01. The molecule has 0 heterocycles. The van der Waals surface area contributed by atoms with Gasteiger partial charge in [0.05, 0.1) is 5.25 Å². The molecule has 0 radical (unpaired) electrons. The summed E-state index contributed by atoms with van der Waals surface area (Å²) in [5, 5.41) is 2.60. The summed E-state index contributed by atoms with van der Waals surface area (Å²) in [6, 6.07) is 7.88. The molecule has 2 nitrogen and oxygen atoms in total. The molecule has 0 spiro atoms. The van der Waals surface area contributed by atoms with Crippen LogP contribution >= 0.6 is 12.6 Å². The van der Waals surface area contributed by atoms with Crippen LogP contribution in [0, 0.1) is 0 Å². The summed E-state index contributed by atoms with van der Waals surface area (Å²) in [6.07, 6.45) is 0. The molecule has 0 aliphatic carbocycles. The number of carbonyl (C=O) groups excluding carboxylic acids is 1. The van der Waals surface area contributed by atoms with Crippen molar-refractivity contribution in [2.45, 2.75) is 38.4 Å². The number of nitrogens with one attached hydrogen (secondary N) is 1. The smallest absolute Gasteiger partial charge is 0.236 e. The van der Waals surface area contributed by atoms with E-state index in [4.69, 9.17) is 0 Å². The van der Waals surface area contributed by atoms with Gasteiger partial charge in [0, 0.05) is 5.69 Å². The van der Waals surface area contributed by atoms with Crippen LogP contribution in [0.1, 0.15) is 33.3 Å².